The van der Waals surface area contributed by atoms with Gasteiger partial charge in [0, 0.05) is 51.8 Å². The van der Waals surface area contributed by atoms with Gasteiger partial charge in [0.15, 0.2) is 0 Å². The van der Waals surface area contributed by atoms with Gasteiger partial charge in [-0.3, -0.25) is 9.78 Å². The van der Waals surface area contributed by atoms with Crippen LogP contribution in [0.3, 0.4) is 0 Å². The molecule has 2 saturated heterocycles. The number of nitrogens with zero attached hydrogens (tertiary/aromatic N) is 3. The zero-order chi connectivity index (χ0) is 29.4. The van der Waals surface area contributed by atoms with Crippen LogP contribution in [-0.4, -0.2) is 62.9 Å². The minimum atomic E-state index is -5.08. The van der Waals surface area contributed by atoms with Crippen molar-refractivity contribution in [2.75, 3.05) is 19.6 Å². The van der Waals surface area contributed by atoms with Crippen molar-refractivity contribution in [1.29, 1.82) is 0 Å². The Balaban J connectivity index is 0.000000431. The van der Waals surface area contributed by atoms with E-state index in [0.29, 0.717) is 50.5 Å². The van der Waals surface area contributed by atoms with Crippen LogP contribution in [0.25, 0.3) is 32.2 Å². The molecule has 2 aliphatic heterocycles. The van der Waals surface area contributed by atoms with Gasteiger partial charge in [-0.25, -0.2) is 9.18 Å². The maximum atomic E-state index is 15.6. The molecule has 0 atom stereocenters. The average molecular weight is 611 g/mol. The number of rotatable bonds is 5. The number of amides is 1. The largest absolute Gasteiger partial charge is 0.490 e. The number of hydrogen-bond acceptors (Lipinski definition) is 5. The second-order valence-electron chi connectivity index (χ2n) is 10.2. The molecule has 7 nitrogen and oxygen atoms in total. The number of fused-ring (bicyclic) bond motifs is 2. The molecule has 0 bridgehead atoms. The van der Waals surface area contributed by atoms with Crippen LogP contribution in [0, 0.1) is 0 Å². The fourth-order valence-electron chi connectivity index (χ4n) is 5.32. The van der Waals surface area contributed by atoms with Crippen molar-refractivity contribution in [3.8, 4) is 11.1 Å². The summed E-state index contributed by atoms with van der Waals surface area (Å²) in [7, 11) is 0. The number of thiophene rings is 1. The third-order valence-electron chi connectivity index (χ3n) is 7.29. The molecule has 0 spiro atoms. The molecule has 0 unspecified atom stereocenters. The number of likely N-dealkylation sites (tertiary alicyclic amines) is 1. The van der Waals surface area contributed by atoms with Crippen molar-refractivity contribution in [3.05, 3.63) is 52.6 Å². The summed E-state index contributed by atoms with van der Waals surface area (Å²) in [6, 6.07) is 10.0. The average Bonchev–Trinajstić information content (AvgIpc) is 3.62. The van der Waals surface area contributed by atoms with E-state index < -0.39 is 17.8 Å². The number of pyridine rings is 1. The highest BCUT2D eigenvalue weighted by Gasteiger charge is 2.38. The van der Waals surface area contributed by atoms with Crippen molar-refractivity contribution >= 4 is 55.9 Å². The lowest BCUT2D eigenvalue weighted by Gasteiger charge is -2.31. The minimum Gasteiger partial charge on any atom is -0.475 e. The lowest BCUT2D eigenvalue weighted by atomic mass is 9.94. The molecule has 6 rings (SSSR count). The topological polar surface area (TPSA) is 87.5 Å². The lowest BCUT2D eigenvalue weighted by molar-refractivity contribution is -0.192. The first kappa shape index (κ1) is 29.3. The maximum Gasteiger partial charge on any atom is 0.490 e. The highest BCUT2D eigenvalue weighted by atomic mass is 35.5. The highest BCUT2D eigenvalue weighted by Crippen LogP contribution is 2.40. The number of aliphatic carboxylic acids is 1. The van der Waals surface area contributed by atoms with Gasteiger partial charge in [-0.05, 0) is 62.7 Å². The molecule has 0 aliphatic carbocycles. The SMILES string of the molecule is O=C(O)C(F)(F)F.O=C1CCCN1Cc1cc2nccc(-c3cc(Cl)cc4ccn(CC5(F)CCNCC5)c34)c2s1. The van der Waals surface area contributed by atoms with E-state index in [1.807, 2.05) is 41.6 Å². The Hall–Kier alpha value is -3.22. The number of hydrogen-bond donors (Lipinski definition) is 2. The van der Waals surface area contributed by atoms with Crippen molar-refractivity contribution in [2.45, 2.75) is 50.6 Å². The van der Waals surface area contributed by atoms with E-state index in [1.165, 1.54) is 0 Å². The van der Waals surface area contributed by atoms with Gasteiger partial charge in [-0.15, -0.1) is 11.3 Å². The standard InChI is InChI=1S/C26H26ClFN4OS.C2HF3O2/c27-18-12-17-4-11-32(16-26(28)5-8-29-9-6-26)24(17)21(13-18)20-3-7-30-22-14-19(34-25(20)22)15-31-10-1-2-23(31)33;3-2(4,5)1(6)7/h3-4,7,11-14,29H,1-2,5-6,8-10,15-16H2;(H,6,7). The molecule has 1 aromatic carbocycles. The van der Waals surface area contributed by atoms with Crippen molar-refractivity contribution in [3.63, 3.8) is 0 Å². The number of carbonyl (C=O) groups is 2. The first-order chi connectivity index (χ1) is 19.4. The molecule has 1 amide bonds. The van der Waals surface area contributed by atoms with Crippen molar-refractivity contribution in [1.82, 2.24) is 19.8 Å². The third kappa shape index (κ3) is 6.49. The number of benzene rings is 1. The first-order valence-corrected chi connectivity index (χ1v) is 14.3. The van der Waals surface area contributed by atoms with Crippen LogP contribution in [0.5, 0.6) is 0 Å². The van der Waals surface area contributed by atoms with E-state index in [1.54, 1.807) is 11.3 Å². The number of carbonyl (C=O) groups excluding carboxylic acids is 1. The predicted octanol–water partition coefficient (Wildman–Crippen LogP) is 6.42. The first-order valence-electron chi connectivity index (χ1n) is 13.1. The molecule has 41 heavy (non-hydrogen) atoms. The van der Waals surface area contributed by atoms with Crippen LogP contribution in [0.1, 0.15) is 30.6 Å². The number of carboxylic acids is 1. The Morgan fingerprint density at radius 1 is 1.17 bits per heavy atom. The van der Waals surface area contributed by atoms with E-state index in [2.05, 4.69) is 20.9 Å². The summed E-state index contributed by atoms with van der Waals surface area (Å²) < 4.78 is 50.5. The zero-order valence-corrected chi connectivity index (χ0v) is 23.4. The highest BCUT2D eigenvalue weighted by molar-refractivity contribution is 7.19. The van der Waals surface area contributed by atoms with Gasteiger partial charge >= 0.3 is 12.1 Å². The van der Waals surface area contributed by atoms with Crippen LogP contribution >= 0.6 is 22.9 Å². The number of carboxylic acid groups (broad SMARTS) is 1. The van der Waals surface area contributed by atoms with Crippen LogP contribution < -0.4 is 5.32 Å². The molecular weight excluding hydrogens is 584 g/mol. The van der Waals surface area contributed by atoms with E-state index >= 15 is 4.39 Å². The summed E-state index contributed by atoms with van der Waals surface area (Å²) in [6.45, 7) is 3.18. The van der Waals surface area contributed by atoms with Crippen LogP contribution in [-0.2, 0) is 22.7 Å². The molecule has 13 heteroatoms. The quantitative estimate of drug-likeness (QED) is 0.255. The minimum absolute atomic E-state index is 0.220. The zero-order valence-electron chi connectivity index (χ0n) is 21.8. The van der Waals surface area contributed by atoms with Gasteiger partial charge in [0.25, 0.3) is 0 Å². The molecule has 5 heterocycles. The Bertz CT molecular complexity index is 1600. The van der Waals surface area contributed by atoms with Crippen molar-refractivity contribution < 1.29 is 32.3 Å². The maximum absolute atomic E-state index is 15.6. The Labute approximate surface area is 241 Å². The second-order valence-corrected chi connectivity index (χ2v) is 11.8. The number of nitrogens with one attached hydrogen (secondary N) is 1. The normalized spacial score (nSPS) is 17.2. The summed E-state index contributed by atoms with van der Waals surface area (Å²) in [4.78, 5) is 28.7. The smallest absolute Gasteiger partial charge is 0.475 e. The summed E-state index contributed by atoms with van der Waals surface area (Å²) in [5.74, 6) is -2.54. The van der Waals surface area contributed by atoms with Crippen LogP contribution in [0.15, 0.2) is 42.7 Å². The van der Waals surface area contributed by atoms with E-state index in [4.69, 9.17) is 21.5 Å². The summed E-state index contributed by atoms with van der Waals surface area (Å²) >= 11 is 8.21. The number of aromatic nitrogens is 2. The molecule has 3 aromatic heterocycles. The number of alkyl halides is 4. The molecule has 2 fully saturated rings. The van der Waals surface area contributed by atoms with Gasteiger partial charge in [0.2, 0.25) is 5.91 Å². The van der Waals surface area contributed by atoms with Crippen LogP contribution in [0.4, 0.5) is 17.6 Å². The predicted molar refractivity (Wildman–Crippen MR) is 150 cm³/mol. The fourth-order valence-corrected chi connectivity index (χ4v) is 6.71. The summed E-state index contributed by atoms with van der Waals surface area (Å²) in [5.41, 5.74) is 2.72. The molecule has 4 aromatic rings. The van der Waals surface area contributed by atoms with Gasteiger partial charge in [0.05, 0.1) is 28.8 Å². The van der Waals surface area contributed by atoms with Crippen molar-refractivity contribution in [2.24, 2.45) is 0 Å². The van der Waals surface area contributed by atoms with Gasteiger partial charge < -0.3 is 19.9 Å². The fraction of sp³-hybridized carbons (Fsp3) is 0.393. The lowest BCUT2D eigenvalue weighted by Crippen LogP contribution is -2.41. The number of piperidine rings is 1. The Kier molecular flexibility index (Phi) is 8.27. The number of halogens is 5. The van der Waals surface area contributed by atoms with Gasteiger partial charge in [-0.1, -0.05) is 11.6 Å². The molecule has 218 valence electrons. The third-order valence-corrected chi connectivity index (χ3v) is 8.65. The monoisotopic (exact) mass is 610 g/mol. The molecule has 0 saturated carbocycles. The summed E-state index contributed by atoms with van der Waals surface area (Å²) in [5, 5.41) is 12.0. The Morgan fingerprint density at radius 3 is 2.56 bits per heavy atom. The van der Waals surface area contributed by atoms with E-state index in [0.717, 1.165) is 50.1 Å². The summed E-state index contributed by atoms with van der Waals surface area (Å²) in [6.07, 6.45) is 1.30. The second kappa shape index (κ2) is 11.6. The van der Waals surface area contributed by atoms with E-state index in [9.17, 15) is 18.0 Å². The molecular formula is C28H27ClF4N4O3S. The Morgan fingerprint density at radius 2 is 1.90 bits per heavy atom. The molecule has 0 radical (unpaired) electrons. The molecule has 2 N–H and O–H groups in total. The van der Waals surface area contributed by atoms with Gasteiger partial charge in [0.1, 0.15) is 5.67 Å². The van der Waals surface area contributed by atoms with E-state index in [-0.39, 0.29) is 5.91 Å². The van der Waals surface area contributed by atoms with Gasteiger partial charge in [-0.2, -0.15) is 13.2 Å². The van der Waals surface area contributed by atoms with Crippen LogP contribution in [0.2, 0.25) is 5.02 Å². The molecule has 2 aliphatic rings.